The minimum Gasteiger partial charge on any atom is -0.508 e. The molecule has 19 heavy (non-hydrogen) atoms. The largest absolute Gasteiger partial charge is 0.508 e. The van der Waals surface area contributed by atoms with Crippen molar-refractivity contribution < 1.29 is 10.2 Å². The molecule has 2 aromatic rings. The second kappa shape index (κ2) is 12.5. The van der Waals surface area contributed by atoms with Gasteiger partial charge in [0, 0.05) is 0 Å². The topological polar surface area (TPSA) is 66.5 Å². The van der Waals surface area contributed by atoms with Gasteiger partial charge in [-0.25, -0.2) is 0 Å². The molecule has 0 saturated carbocycles. The molecule has 2 rings (SSSR count). The summed E-state index contributed by atoms with van der Waals surface area (Å²) in [6.45, 7) is 2.98. The molecule has 0 aliphatic carbocycles. The summed E-state index contributed by atoms with van der Waals surface area (Å²) < 4.78 is 0. The zero-order valence-electron chi connectivity index (χ0n) is 11.4. The number of hydrogen-bond acceptors (Lipinski definition) is 3. The molecule has 0 aromatic heterocycles. The third kappa shape index (κ3) is 12.2. The van der Waals surface area contributed by atoms with Crippen LogP contribution in [0.5, 0.6) is 11.5 Å². The Morgan fingerprint density at radius 1 is 0.789 bits per heavy atom. The minimum atomic E-state index is 0.322. The van der Waals surface area contributed by atoms with Gasteiger partial charge in [-0.1, -0.05) is 49.7 Å². The molecule has 0 heterocycles. The molecule has 4 N–H and O–H groups in total. The lowest BCUT2D eigenvalue weighted by Crippen LogP contribution is -1.95. The van der Waals surface area contributed by atoms with Crippen LogP contribution in [0, 0.1) is 0 Å². The number of unbranched alkanes of at least 4 members (excludes halogenated alkanes) is 1. The number of para-hydroxylation sites is 2. The molecular weight excluding hydrogens is 238 g/mol. The van der Waals surface area contributed by atoms with Crippen molar-refractivity contribution in [2.45, 2.75) is 19.8 Å². The lowest BCUT2D eigenvalue weighted by atomic mass is 10.3. The number of benzene rings is 2. The van der Waals surface area contributed by atoms with Gasteiger partial charge >= 0.3 is 0 Å². The molecule has 104 valence electrons. The van der Waals surface area contributed by atoms with Crippen molar-refractivity contribution >= 4 is 0 Å². The normalized spacial score (nSPS) is 8.53. The van der Waals surface area contributed by atoms with Crippen LogP contribution in [0.15, 0.2) is 60.7 Å². The summed E-state index contributed by atoms with van der Waals surface area (Å²) in [4.78, 5) is 0. The van der Waals surface area contributed by atoms with E-state index in [1.54, 1.807) is 48.5 Å². The summed E-state index contributed by atoms with van der Waals surface area (Å²) in [7, 11) is 0. The Hall–Kier alpha value is -2.00. The van der Waals surface area contributed by atoms with E-state index in [1.165, 1.54) is 12.8 Å². The molecule has 0 unspecified atom stereocenters. The first kappa shape index (κ1) is 17.0. The molecule has 0 atom stereocenters. The fraction of sp³-hybridized carbons (Fsp3) is 0.250. The minimum absolute atomic E-state index is 0.322. The highest BCUT2D eigenvalue weighted by molar-refractivity contribution is 5.19. The van der Waals surface area contributed by atoms with Gasteiger partial charge in [-0.3, -0.25) is 0 Å². The van der Waals surface area contributed by atoms with Crippen molar-refractivity contribution in [3.05, 3.63) is 60.7 Å². The molecule has 3 heteroatoms. The van der Waals surface area contributed by atoms with E-state index in [9.17, 15) is 0 Å². The first-order valence-corrected chi connectivity index (χ1v) is 6.38. The van der Waals surface area contributed by atoms with Gasteiger partial charge in [-0.15, -0.1) is 0 Å². The van der Waals surface area contributed by atoms with Crippen molar-refractivity contribution in [2.24, 2.45) is 5.73 Å². The van der Waals surface area contributed by atoms with Gasteiger partial charge in [0.2, 0.25) is 0 Å². The molecule has 0 aliphatic heterocycles. The Bertz CT molecular complexity index is 351. The number of phenols is 2. The van der Waals surface area contributed by atoms with Gasteiger partial charge in [0.15, 0.2) is 0 Å². The van der Waals surface area contributed by atoms with Gasteiger partial charge in [0.05, 0.1) is 0 Å². The van der Waals surface area contributed by atoms with E-state index < -0.39 is 0 Å². The fourth-order valence-electron chi connectivity index (χ4n) is 1.06. The average molecular weight is 261 g/mol. The summed E-state index contributed by atoms with van der Waals surface area (Å²) in [5.41, 5.74) is 5.14. The van der Waals surface area contributed by atoms with E-state index in [2.05, 4.69) is 6.92 Å². The Kier molecular flexibility index (Phi) is 11.1. The van der Waals surface area contributed by atoms with Crippen LogP contribution in [-0.4, -0.2) is 16.8 Å². The number of nitrogens with two attached hydrogens (primary N) is 1. The smallest absolute Gasteiger partial charge is 0.115 e. The lowest BCUT2D eigenvalue weighted by Gasteiger charge is -1.82. The molecule has 3 nitrogen and oxygen atoms in total. The van der Waals surface area contributed by atoms with Crippen molar-refractivity contribution in [1.29, 1.82) is 0 Å². The number of rotatable bonds is 2. The van der Waals surface area contributed by atoms with Crippen LogP contribution >= 0.6 is 0 Å². The Balaban J connectivity index is 0.000000261. The molecule has 0 aliphatic rings. The molecule has 0 bridgehead atoms. The molecule has 0 spiro atoms. The number of phenolic OH excluding ortho intramolecular Hbond substituents is 2. The van der Waals surface area contributed by atoms with Gasteiger partial charge in [0.25, 0.3) is 0 Å². The Labute approximate surface area is 115 Å². The number of hydrogen-bond donors (Lipinski definition) is 3. The Morgan fingerprint density at radius 2 is 1.16 bits per heavy atom. The van der Waals surface area contributed by atoms with Gasteiger partial charge < -0.3 is 15.9 Å². The average Bonchev–Trinajstić information content (AvgIpc) is 2.43. The molecule has 2 aromatic carbocycles. The predicted molar refractivity (Wildman–Crippen MR) is 80.2 cm³/mol. The van der Waals surface area contributed by atoms with E-state index in [0.717, 1.165) is 6.54 Å². The highest BCUT2D eigenvalue weighted by Crippen LogP contribution is 2.03. The summed E-state index contributed by atoms with van der Waals surface area (Å²) in [5, 5.41) is 17.3. The standard InChI is InChI=1S/2C6H6O.C4H11N/c2*7-6-4-2-1-3-5-6;1-2-3-4-5/h2*1-5,7H;2-5H2,1H3. The zero-order valence-corrected chi connectivity index (χ0v) is 11.4. The zero-order chi connectivity index (χ0) is 14.3. The van der Waals surface area contributed by atoms with Crippen molar-refractivity contribution in [2.75, 3.05) is 6.54 Å². The van der Waals surface area contributed by atoms with Crippen LogP contribution < -0.4 is 5.73 Å². The van der Waals surface area contributed by atoms with E-state index in [4.69, 9.17) is 15.9 Å². The predicted octanol–water partition coefficient (Wildman–Crippen LogP) is 3.53. The summed E-state index contributed by atoms with van der Waals surface area (Å²) in [5.74, 6) is 0.644. The second-order valence-electron chi connectivity index (χ2n) is 3.81. The van der Waals surface area contributed by atoms with E-state index >= 15 is 0 Å². The van der Waals surface area contributed by atoms with Crippen LogP contribution in [0.4, 0.5) is 0 Å². The summed E-state index contributed by atoms with van der Waals surface area (Å²) in [6, 6.07) is 17.4. The van der Waals surface area contributed by atoms with Crippen LogP contribution in [0.2, 0.25) is 0 Å². The van der Waals surface area contributed by atoms with Crippen LogP contribution in [0.25, 0.3) is 0 Å². The van der Waals surface area contributed by atoms with E-state index in [0.29, 0.717) is 11.5 Å². The van der Waals surface area contributed by atoms with E-state index in [1.807, 2.05) is 12.1 Å². The fourth-order valence-corrected chi connectivity index (χ4v) is 1.06. The molecule has 0 fully saturated rings. The van der Waals surface area contributed by atoms with Crippen molar-refractivity contribution in [1.82, 2.24) is 0 Å². The molecule has 0 amide bonds. The van der Waals surface area contributed by atoms with Crippen LogP contribution in [0.1, 0.15) is 19.8 Å². The van der Waals surface area contributed by atoms with Crippen molar-refractivity contribution in [3.8, 4) is 11.5 Å². The highest BCUT2D eigenvalue weighted by Gasteiger charge is 1.75. The van der Waals surface area contributed by atoms with Crippen LogP contribution in [0.3, 0.4) is 0 Å². The molecular formula is C16H23NO2. The maximum absolute atomic E-state index is 8.63. The number of aromatic hydroxyl groups is 2. The Morgan fingerprint density at radius 3 is 1.26 bits per heavy atom. The first-order chi connectivity index (χ1) is 9.20. The van der Waals surface area contributed by atoms with Crippen LogP contribution in [-0.2, 0) is 0 Å². The second-order valence-corrected chi connectivity index (χ2v) is 3.81. The maximum atomic E-state index is 8.63. The first-order valence-electron chi connectivity index (χ1n) is 6.38. The molecule has 0 saturated heterocycles. The van der Waals surface area contributed by atoms with Gasteiger partial charge in [-0.05, 0) is 37.2 Å². The van der Waals surface area contributed by atoms with Gasteiger partial charge in [-0.2, -0.15) is 0 Å². The third-order valence-corrected chi connectivity index (χ3v) is 2.07. The summed E-state index contributed by atoms with van der Waals surface area (Å²) >= 11 is 0. The SMILES string of the molecule is CCCCN.Oc1ccccc1.Oc1ccccc1. The van der Waals surface area contributed by atoms with E-state index in [-0.39, 0.29) is 0 Å². The quantitative estimate of drug-likeness (QED) is 0.774. The lowest BCUT2D eigenvalue weighted by molar-refractivity contribution is 0.475. The van der Waals surface area contributed by atoms with Gasteiger partial charge in [0.1, 0.15) is 11.5 Å². The summed E-state index contributed by atoms with van der Waals surface area (Å²) in [6.07, 6.45) is 2.39. The highest BCUT2D eigenvalue weighted by atomic mass is 16.3. The molecule has 0 radical (unpaired) electrons. The monoisotopic (exact) mass is 261 g/mol. The third-order valence-electron chi connectivity index (χ3n) is 2.07. The van der Waals surface area contributed by atoms with Crippen molar-refractivity contribution in [3.63, 3.8) is 0 Å². The maximum Gasteiger partial charge on any atom is 0.115 e.